The van der Waals surface area contributed by atoms with Gasteiger partial charge in [0.1, 0.15) is 0 Å². The number of rotatable bonds is 4. The van der Waals surface area contributed by atoms with E-state index >= 15 is 0 Å². The van der Waals surface area contributed by atoms with Crippen LogP contribution in [0.2, 0.25) is 0 Å². The molecule has 0 spiro atoms. The fourth-order valence-corrected chi connectivity index (χ4v) is 2.46. The van der Waals surface area contributed by atoms with Gasteiger partial charge in [0.05, 0.1) is 5.25 Å². The van der Waals surface area contributed by atoms with E-state index in [-0.39, 0.29) is 5.25 Å². The first-order chi connectivity index (χ1) is 8.24. The molecular weight excluding hydrogens is 236 g/mol. The van der Waals surface area contributed by atoms with E-state index in [2.05, 4.69) is 22.0 Å². The summed E-state index contributed by atoms with van der Waals surface area (Å²) in [5.41, 5.74) is 0. The van der Waals surface area contributed by atoms with Gasteiger partial charge in [-0.05, 0) is 19.8 Å². The second-order valence-electron chi connectivity index (χ2n) is 4.35. The molecule has 17 heavy (non-hydrogen) atoms. The van der Waals surface area contributed by atoms with Crippen LogP contribution in [-0.2, 0) is 7.05 Å². The minimum Gasteiger partial charge on any atom is -0.338 e. The van der Waals surface area contributed by atoms with Crippen LogP contribution in [0, 0.1) is 0 Å². The number of thioether (sulfide) groups is 1. The van der Waals surface area contributed by atoms with Crippen LogP contribution in [0.5, 0.6) is 0 Å². The predicted molar refractivity (Wildman–Crippen MR) is 63.8 cm³/mol. The van der Waals surface area contributed by atoms with Gasteiger partial charge in [-0.25, -0.2) is 4.98 Å². The maximum Gasteiger partial charge on any atom is 0.239 e. The average Bonchev–Trinajstić information content (AvgIpc) is 2.91. The van der Waals surface area contributed by atoms with Crippen molar-refractivity contribution in [1.82, 2.24) is 19.7 Å². The van der Waals surface area contributed by atoms with E-state index < -0.39 is 0 Å². The number of aromatic nitrogens is 4. The largest absolute Gasteiger partial charge is 0.338 e. The maximum atomic E-state index is 5.30. The van der Waals surface area contributed by atoms with Crippen LogP contribution in [0.1, 0.15) is 42.6 Å². The molecule has 1 atom stereocenters. The first kappa shape index (κ1) is 10.8. The highest BCUT2D eigenvalue weighted by Gasteiger charge is 2.29. The summed E-state index contributed by atoms with van der Waals surface area (Å²) in [6.45, 7) is 2.06. The Morgan fingerprint density at radius 3 is 3.00 bits per heavy atom. The van der Waals surface area contributed by atoms with Crippen LogP contribution >= 0.6 is 11.8 Å². The molecule has 0 aromatic carbocycles. The molecule has 1 aliphatic carbocycles. The van der Waals surface area contributed by atoms with Crippen LogP contribution in [0.25, 0.3) is 0 Å². The molecule has 2 aromatic rings. The first-order valence-corrected chi connectivity index (χ1v) is 6.59. The van der Waals surface area contributed by atoms with Crippen molar-refractivity contribution in [3.63, 3.8) is 0 Å². The smallest absolute Gasteiger partial charge is 0.239 e. The second kappa shape index (κ2) is 4.18. The van der Waals surface area contributed by atoms with Gasteiger partial charge >= 0.3 is 0 Å². The molecule has 1 unspecified atom stereocenters. The number of nitrogens with zero attached hydrogens (tertiary/aromatic N) is 4. The highest BCUT2D eigenvalue weighted by atomic mass is 32.2. The van der Waals surface area contributed by atoms with Crippen LogP contribution in [0.15, 0.2) is 22.1 Å². The quantitative estimate of drug-likeness (QED) is 0.780. The summed E-state index contributed by atoms with van der Waals surface area (Å²) in [7, 11) is 1.98. The normalized spacial score (nSPS) is 17.3. The van der Waals surface area contributed by atoms with Gasteiger partial charge in [0.2, 0.25) is 5.89 Å². The fourth-order valence-electron chi connectivity index (χ4n) is 1.59. The van der Waals surface area contributed by atoms with Gasteiger partial charge in [-0.2, -0.15) is 4.98 Å². The fraction of sp³-hybridized carbons (Fsp3) is 0.545. The summed E-state index contributed by atoms with van der Waals surface area (Å²) in [6.07, 6.45) is 6.11. The molecule has 1 fully saturated rings. The summed E-state index contributed by atoms with van der Waals surface area (Å²) in [6, 6.07) is 0. The lowest BCUT2D eigenvalue weighted by Crippen LogP contribution is -1.94. The lowest BCUT2D eigenvalue weighted by Gasteiger charge is -2.05. The zero-order valence-corrected chi connectivity index (χ0v) is 10.6. The average molecular weight is 250 g/mol. The van der Waals surface area contributed by atoms with Crippen LogP contribution in [0.4, 0.5) is 0 Å². The summed E-state index contributed by atoms with van der Waals surface area (Å²) in [5, 5.41) is 5.12. The topological polar surface area (TPSA) is 56.7 Å². The zero-order chi connectivity index (χ0) is 11.8. The second-order valence-corrected chi connectivity index (χ2v) is 5.65. The Labute approximate surface area is 104 Å². The van der Waals surface area contributed by atoms with Crippen molar-refractivity contribution in [2.24, 2.45) is 7.05 Å². The molecular formula is C11H14N4OS. The number of aryl methyl sites for hydroxylation is 1. The molecule has 6 heteroatoms. The first-order valence-electron chi connectivity index (χ1n) is 5.71. The third-order valence-corrected chi connectivity index (χ3v) is 3.97. The van der Waals surface area contributed by atoms with Crippen molar-refractivity contribution in [3.05, 3.63) is 24.1 Å². The monoisotopic (exact) mass is 250 g/mol. The Bertz CT molecular complexity index is 517. The van der Waals surface area contributed by atoms with E-state index in [0.29, 0.717) is 11.8 Å². The number of imidazole rings is 1. The molecule has 0 N–H and O–H groups in total. The lowest BCUT2D eigenvalue weighted by atomic mass is 10.4. The van der Waals surface area contributed by atoms with Crippen molar-refractivity contribution in [2.45, 2.75) is 36.1 Å². The Morgan fingerprint density at radius 1 is 1.53 bits per heavy atom. The van der Waals surface area contributed by atoms with Gasteiger partial charge in [0, 0.05) is 25.4 Å². The van der Waals surface area contributed by atoms with E-state index in [9.17, 15) is 0 Å². The molecule has 0 saturated heterocycles. The van der Waals surface area contributed by atoms with Crippen LogP contribution < -0.4 is 0 Å². The molecule has 5 nitrogen and oxygen atoms in total. The van der Waals surface area contributed by atoms with E-state index in [0.717, 1.165) is 11.0 Å². The predicted octanol–water partition coefficient (Wildman–Crippen LogP) is 2.53. The van der Waals surface area contributed by atoms with E-state index in [1.807, 2.05) is 17.8 Å². The number of hydrogen-bond donors (Lipinski definition) is 0. The molecule has 0 aliphatic heterocycles. The molecule has 1 saturated carbocycles. The summed E-state index contributed by atoms with van der Waals surface area (Å²) in [5.74, 6) is 2.10. The van der Waals surface area contributed by atoms with E-state index in [1.165, 1.54) is 12.8 Å². The van der Waals surface area contributed by atoms with Gasteiger partial charge in [0.15, 0.2) is 11.0 Å². The number of hydrogen-bond acceptors (Lipinski definition) is 5. The zero-order valence-electron chi connectivity index (χ0n) is 9.83. The van der Waals surface area contributed by atoms with Gasteiger partial charge < -0.3 is 9.09 Å². The molecule has 0 radical (unpaired) electrons. The van der Waals surface area contributed by atoms with Gasteiger partial charge in [0.25, 0.3) is 0 Å². The molecule has 0 amide bonds. The van der Waals surface area contributed by atoms with Gasteiger partial charge in [-0.1, -0.05) is 16.9 Å². The van der Waals surface area contributed by atoms with Crippen molar-refractivity contribution in [1.29, 1.82) is 0 Å². The van der Waals surface area contributed by atoms with Crippen molar-refractivity contribution < 1.29 is 4.52 Å². The molecule has 2 heterocycles. The molecule has 1 aliphatic rings. The Morgan fingerprint density at radius 2 is 2.35 bits per heavy atom. The van der Waals surface area contributed by atoms with Crippen molar-refractivity contribution in [3.8, 4) is 0 Å². The third kappa shape index (κ3) is 2.22. The summed E-state index contributed by atoms with van der Waals surface area (Å²) < 4.78 is 7.28. The highest BCUT2D eigenvalue weighted by molar-refractivity contribution is 7.99. The third-order valence-electron chi connectivity index (χ3n) is 2.81. The highest BCUT2D eigenvalue weighted by Crippen LogP contribution is 2.40. The lowest BCUT2D eigenvalue weighted by molar-refractivity contribution is 0.374. The van der Waals surface area contributed by atoms with E-state index in [1.54, 1.807) is 18.0 Å². The van der Waals surface area contributed by atoms with Crippen molar-refractivity contribution in [2.75, 3.05) is 0 Å². The summed E-state index contributed by atoms with van der Waals surface area (Å²) in [4.78, 5) is 8.72. The standard InChI is InChI=1S/C11H14N4OS/c1-7(17-11-12-5-6-15(11)2)10-13-9(14-16-10)8-3-4-8/h5-8H,3-4H2,1-2H3. The van der Waals surface area contributed by atoms with Crippen molar-refractivity contribution >= 4 is 11.8 Å². The SMILES string of the molecule is CC(Sc1nccn1C)c1nc(C2CC2)no1. The Hall–Kier alpha value is -1.30. The molecule has 3 rings (SSSR count). The Balaban J connectivity index is 1.72. The molecule has 2 aromatic heterocycles. The van der Waals surface area contributed by atoms with Gasteiger partial charge in [-0.3, -0.25) is 0 Å². The van der Waals surface area contributed by atoms with Gasteiger partial charge in [-0.15, -0.1) is 0 Å². The molecule has 0 bridgehead atoms. The van der Waals surface area contributed by atoms with Crippen LogP contribution in [0.3, 0.4) is 0 Å². The maximum absolute atomic E-state index is 5.30. The Kier molecular flexibility index (Phi) is 2.66. The summed E-state index contributed by atoms with van der Waals surface area (Å²) >= 11 is 1.63. The minimum atomic E-state index is 0.135. The molecule has 90 valence electrons. The van der Waals surface area contributed by atoms with Crippen LogP contribution in [-0.4, -0.2) is 19.7 Å². The minimum absolute atomic E-state index is 0.135. The van der Waals surface area contributed by atoms with E-state index in [4.69, 9.17) is 4.52 Å².